The lowest BCUT2D eigenvalue weighted by molar-refractivity contribution is 0.258. The monoisotopic (exact) mass is 367 g/mol. The summed E-state index contributed by atoms with van der Waals surface area (Å²) in [6.07, 6.45) is 1.65. The van der Waals surface area contributed by atoms with Crippen molar-refractivity contribution < 1.29 is 9.18 Å². The number of urea groups is 1. The number of aromatic nitrogens is 1. The van der Waals surface area contributed by atoms with Gasteiger partial charge in [-0.25, -0.2) is 9.18 Å². The third kappa shape index (κ3) is 3.84. The number of pyridine rings is 1. The van der Waals surface area contributed by atoms with Crippen LogP contribution in [0.2, 0.25) is 0 Å². The van der Waals surface area contributed by atoms with Crippen LogP contribution in [0.15, 0.2) is 59.5 Å². The smallest absolute Gasteiger partial charge is 0.313 e. The number of fused-ring (bicyclic) bond motifs is 1. The number of amides is 2. The summed E-state index contributed by atoms with van der Waals surface area (Å²) in [4.78, 5) is 26.6. The summed E-state index contributed by atoms with van der Waals surface area (Å²) < 4.78 is 15.6. The Morgan fingerprint density at radius 3 is 2.41 bits per heavy atom. The van der Waals surface area contributed by atoms with Crippen molar-refractivity contribution >= 4 is 28.2 Å². The van der Waals surface area contributed by atoms with Gasteiger partial charge in [-0.1, -0.05) is 44.2 Å². The van der Waals surface area contributed by atoms with Gasteiger partial charge in [0.05, 0.1) is 11.4 Å². The highest BCUT2D eigenvalue weighted by Gasteiger charge is 2.17. The van der Waals surface area contributed by atoms with Gasteiger partial charge >= 0.3 is 6.03 Å². The van der Waals surface area contributed by atoms with Crippen molar-refractivity contribution in [3.63, 3.8) is 0 Å². The second kappa shape index (κ2) is 7.61. The van der Waals surface area contributed by atoms with Gasteiger partial charge in [-0.2, -0.15) is 0 Å². The molecule has 1 N–H and O–H groups in total. The Kier molecular flexibility index (Phi) is 5.26. The molecule has 2 aromatic carbocycles. The van der Waals surface area contributed by atoms with Gasteiger partial charge in [-0.3, -0.25) is 9.69 Å². The van der Waals surface area contributed by atoms with Crippen LogP contribution >= 0.6 is 0 Å². The quantitative estimate of drug-likeness (QED) is 0.740. The molecule has 6 heteroatoms. The summed E-state index contributed by atoms with van der Waals surface area (Å²) in [5.74, 6) is -0.210. The molecule has 140 valence electrons. The van der Waals surface area contributed by atoms with E-state index in [-0.39, 0.29) is 17.2 Å². The molecule has 0 aliphatic heterocycles. The summed E-state index contributed by atoms with van der Waals surface area (Å²) in [6, 6.07) is 12.7. The standard InChI is InChI=1S/C21H22FN3O2/c1-14(2)12-25-13-18(15-8-4-5-9-16(15)20(25)26)23-21(27)24(3)19-11-7-6-10-17(19)22/h4-11,13-14H,12H2,1-3H3,(H,23,27). The summed E-state index contributed by atoms with van der Waals surface area (Å²) in [5.41, 5.74) is 0.591. The lowest BCUT2D eigenvalue weighted by Gasteiger charge is -2.20. The zero-order valence-electron chi connectivity index (χ0n) is 15.6. The summed E-state index contributed by atoms with van der Waals surface area (Å²) >= 11 is 0. The third-order valence-corrected chi connectivity index (χ3v) is 4.32. The fourth-order valence-electron chi connectivity index (χ4n) is 3.00. The van der Waals surface area contributed by atoms with Gasteiger partial charge in [0.2, 0.25) is 0 Å². The van der Waals surface area contributed by atoms with E-state index in [2.05, 4.69) is 5.32 Å². The number of carbonyl (C=O) groups is 1. The second-order valence-electron chi connectivity index (χ2n) is 6.88. The van der Waals surface area contributed by atoms with Crippen molar-refractivity contribution in [1.82, 2.24) is 4.57 Å². The molecular weight excluding hydrogens is 345 g/mol. The first kappa shape index (κ1) is 18.6. The molecule has 2 amide bonds. The predicted molar refractivity (Wildman–Crippen MR) is 107 cm³/mol. The van der Waals surface area contributed by atoms with E-state index in [1.807, 2.05) is 19.9 Å². The molecule has 1 aromatic heterocycles. The first-order valence-electron chi connectivity index (χ1n) is 8.80. The molecule has 0 spiro atoms. The summed E-state index contributed by atoms with van der Waals surface area (Å²) in [5, 5.41) is 3.99. The van der Waals surface area contributed by atoms with Gasteiger partial charge in [0.15, 0.2) is 0 Å². The molecule has 5 nitrogen and oxygen atoms in total. The lowest BCUT2D eigenvalue weighted by Crippen LogP contribution is -2.32. The number of halogens is 1. The van der Waals surface area contributed by atoms with E-state index in [1.165, 1.54) is 24.1 Å². The first-order valence-corrected chi connectivity index (χ1v) is 8.80. The Bertz CT molecular complexity index is 1040. The van der Waals surface area contributed by atoms with Crippen LogP contribution in [0.4, 0.5) is 20.6 Å². The molecular formula is C21H22FN3O2. The van der Waals surface area contributed by atoms with Crippen LogP contribution in [-0.4, -0.2) is 17.6 Å². The Balaban J connectivity index is 2.01. The Morgan fingerprint density at radius 1 is 1.11 bits per heavy atom. The zero-order chi connectivity index (χ0) is 19.6. The SMILES string of the molecule is CC(C)Cn1cc(NC(=O)N(C)c2ccccc2F)c2ccccc2c1=O. The fourth-order valence-corrected chi connectivity index (χ4v) is 3.00. The molecule has 0 atom stereocenters. The zero-order valence-corrected chi connectivity index (χ0v) is 15.6. The van der Waals surface area contributed by atoms with Gasteiger partial charge in [0, 0.05) is 30.6 Å². The molecule has 27 heavy (non-hydrogen) atoms. The van der Waals surface area contributed by atoms with Crippen LogP contribution < -0.4 is 15.8 Å². The van der Waals surface area contributed by atoms with Gasteiger partial charge in [0.25, 0.3) is 5.56 Å². The number of carbonyl (C=O) groups excluding carboxylic acids is 1. The molecule has 0 aliphatic carbocycles. The predicted octanol–water partition coefficient (Wildman–Crippen LogP) is 4.46. The molecule has 1 heterocycles. The second-order valence-corrected chi connectivity index (χ2v) is 6.88. The molecule has 3 rings (SSSR count). The van der Waals surface area contributed by atoms with Crippen molar-refractivity contribution in [2.45, 2.75) is 20.4 Å². The van der Waals surface area contributed by atoms with E-state index in [0.29, 0.717) is 23.0 Å². The van der Waals surface area contributed by atoms with E-state index in [9.17, 15) is 14.0 Å². The van der Waals surface area contributed by atoms with Gasteiger partial charge in [-0.05, 0) is 24.1 Å². The average molecular weight is 367 g/mol. The van der Waals surface area contributed by atoms with Crippen molar-refractivity contribution in [1.29, 1.82) is 0 Å². The van der Waals surface area contributed by atoms with Crippen LogP contribution in [-0.2, 0) is 6.54 Å². The summed E-state index contributed by atoms with van der Waals surface area (Å²) in [7, 11) is 1.50. The van der Waals surface area contributed by atoms with Crippen molar-refractivity contribution in [3.8, 4) is 0 Å². The maximum absolute atomic E-state index is 14.0. The number of nitrogens with one attached hydrogen (secondary N) is 1. The number of hydrogen-bond acceptors (Lipinski definition) is 2. The van der Waals surface area contributed by atoms with Crippen LogP contribution in [0.1, 0.15) is 13.8 Å². The van der Waals surface area contributed by atoms with Crippen molar-refractivity contribution in [2.24, 2.45) is 5.92 Å². The molecule has 0 saturated heterocycles. The number of benzene rings is 2. The highest BCUT2D eigenvalue weighted by Crippen LogP contribution is 2.23. The average Bonchev–Trinajstić information content (AvgIpc) is 2.65. The van der Waals surface area contributed by atoms with Gasteiger partial charge in [0.1, 0.15) is 5.82 Å². The fraction of sp³-hybridized carbons (Fsp3) is 0.238. The highest BCUT2D eigenvalue weighted by molar-refractivity contribution is 6.06. The number of para-hydroxylation sites is 1. The van der Waals surface area contributed by atoms with Crippen molar-refractivity contribution in [3.05, 3.63) is 70.9 Å². The Hall–Kier alpha value is -3.15. The molecule has 0 aliphatic rings. The maximum atomic E-state index is 14.0. The van der Waals surface area contributed by atoms with Crippen LogP contribution in [0.5, 0.6) is 0 Å². The third-order valence-electron chi connectivity index (χ3n) is 4.32. The number of rotatable bonds is 4. The lowest BCUT2D eigenvalue weighted by atomic mass is 10.1. The minimum atomic E-state index is -0.486. The van der Waals surface area contributed by atoms with Crippen LogP contribution in [0.25, 0.3) is 10.8 Å². The van der Waals surface area contributed by atoms with Crippen LogP contribution in [0.3, 0.4) is 0 Å². The minimum absolute atomic E-state index is 0.0974. The minimum Gasteiger partial charge on any atom is -0.313 e. The van der Waals surface area contributed by atoms with Crippen LogP contribution in [0, 0.1) is 11.7 Å². The highest BCUT2D eigenvalue weighted by atomic mass is 19.1. The Labute approximate surface area is 157 Å². The van der Waals surface area contributed by atoms with E-state index >= 15 is 0 Å². The van der Waals surface area contributed by atoms with Crippen molar-refractivity contribution in [2.75, 3.05) is 17.3 Å². The molecule has 0 fully saturated rings. The molecule has 0 saturated carbocycles. The van der Waals surface area contributed by atoms with Gasteiger partial charge < -0.3 is 9.88 Å². The number of anilines is 2. The largest absolute Gasteiger partial charge is 0.326 e. The first-order chi connectivity index (χ1) is 12.9. The molecule has 3 aromatic rings. The maximum Gasteiger partial charge on any atom is 0.326 e. The topological polar surface area (TPSA) is 54.3 Å². The van der Waals surface area contributed by atoms with E-state index in [0.717, 1.165) is 0 Å². The number of nitrogens with zero attached hydrogens (tertiary/aromatic N) is 2. The van der Waals surface area contributed by atoms with E-state index < -0.39 is 11.8 Å². The molecule has 0 radical (unpaired) electrons. The van der Waals surface area contributed by atoms with E-state index in [4.69, 9.17) is 0 Å². The normalized spacial score (nSPS) is 11.0. The van der Waals surface area contributed by atoms with E-state index in [1.54, 1.807) is 41.1 Å². The number of hydrogen-bond donors (Lipinski definition) is 1. The molecule has 0 bridgehead atoms. The molecule has 0 unspecified atom stereocenters. The van der Waals surface area contributed by atoms with Gasteiger partial charge in [-0.15, -0.1) is 0 Å². The Morgan fingerprint density at radius 2 is 1.74 bits per heavy atom. The summed E-state index contributed by atoms with van der Waals surface area (Å²) in [6.45, 7) is 4.58.